The van der Waals surface area contributed by atoms with E-state index in [9.17, 15) is 4.79 Å². The highest BCUT2D eigenvalue weighted by molar-refractivity contribution is 9.10. The summed E-state index contributed by atoms with van der Waals surface area (Å²) in [4.78, 5) is 10.3. The van der Waals surface area contributed by atoms with Crippen LogP contribution in [0.1, 0.15) is 12.1 Å². The maximum absolute atomic E-state index is 10.3. The maximum atomic E-state index is 10.3. The average Bonchev–Trinajstić information content (AvgIpc) is 2.77. The molecule has 2 aromatic heterocycles. The molecular weight excluding hydrogens is 316 g/mol. The molecule has 2 heterocycles. The normalized spacial score (nSPS) is 12.0. The molecule has 2 rings (SSSR count). The standard InChI is InChI=1S/C11H9BrN4OS/c12-8-5-18-10-4-15-16-9(11(8)10)2-1-7(3-13)14-6-17/h4-7H,1-2H2,(H,14,17). The van der Waals surface area contributed by atoms with Crippen molar-refractivity contribution in [2.24, 2.45) is 0 Å². The van der Waals surface area contributed by atoms with Gasteiger partial charge in [-0.1, -0.05) is 0 Å². The minimum absolute atomic E-state index is 0.489. The number of thiophene rings is 1. The third-order valence-corrected chi connectivity index (χ3v) is 4.36. The molecule has 0 saturated heterocycles. The van der Waals surface area contributed by atoms with Crippen molar-refractivity contribution in [2.45, 2.75) is 18.9 Å². The number of hydrogen-bond donors (Lipinski definition) is 1. The number of halogens is 1. The second kappa shape index (κ2) is 5.89. The van der Waals surface area contributed by atoms with E-state index in [1.165, 1.54) is 0 Å². The summed E-state index contributed by atoms with van der Waals surface area (Å²) in [6, 6.07) is 1.54. The van der Waals surface area contributed by atoms with E-state index in [2.05, 4.69) is 31.4 Å². The lowest BCUT2D eigenvalue weighted by atomic mass is 10.1. The van der Waals surface area contributed by atoms with Gasteiger partial charge in [-0.2, -0.15) is 15.5 Å². The van der Waals surface area contributed by atoms with E-state index < -0.39 is 6.04 Å². The minimum atomic E-state index is -0.489. The quantitative estimate of drug-likeness (QED) is 0.853. The van der Waals surface area contributed by atoms with Crippen molar-refractivity contribution >= 4 is 43.8 Å². The van der Waals surface area contributed by atoms with Gasteiger partial charge in [-0.15, -0.1) is 11.3 Å². The molecule has 0 bridgehead atoms. The van der Waals surface area contributed by atoms with Crippen molar-refractivity contribution < 1.29 is 4.79 Å². The Morgan fingerprint density at radius 1 is 1.67 bits per heavy atom. The number of carbonyl (C=O) groups is 1. The molecule has 0 radical (unpaired) electrons. The zero-order valence-electron chi connectivity index (χ0n) is 9.26. The Hall–Kier alpha value is -1.52. The number of aryl methyl sites for hydroxylation is 1. The van der Waals surface area contributed by atoms with Gasteiger partial charge in [-0.3, -0.25) is 4.79 Å². The fraction of sp³-hybridized carbons (Fsp3) is 0.273. The Kier molecular flexibility index (Phi) is 4.23. The van der Waals surface area contributed by atoms with Crippen molar-refractivity contribution in [3.8, 4) is 6.07 Å². The molecular formula is C11H9BrN4OS. The number of aromatic nitrogens is 2. The van der Waals surface area contributed by atoms with Gasteiger partial charge in [0.1, 0.15) is 6.04 Å². The maximum Gasteiger partial charge on any atom is 0.208 e. The van der Waals surface area contributed by atoms with E-state index in [1.54, 1.807) is 17.5 Å². The fourth-order valence-electron chi connectivity index (χ4n) is 1.65. The van der Waals surface area contributed by atoms with E-state index in [1.807, 2.05) is 11.4 Å². The van der Waals surface area contributed by atoms with Crippen LogP contribution in [0.3, 0.4) is 0 Å². The van der Waals surface area contributed by atoms with Crippen LogP contribution in [0.5, 0.6) is 0 Å². The van der Waals surface area contributed by atoms with Crippen molar-refractivity contribution in [1.82, 2.24) is 15.5 Å². The molecule has 0 saturated carbocycles. The van der Waals surface area contributed by atoms with Gasteiger partial charge < -0.3 is 5.32 Å². The smallest absolute Gasteiger partial charge is 0.208 e. The summed E-state index contributed by atoms with van der Waals surface area (Å²) in [5, 5.41) is 22.4. The van der Waals surface area contributed by atoms with Gasteiger partial charge in [-0.05, 0) is 28.8 Å². The first-order valence-corrected chi connectivity index (χ1v) is 6.90. The van der Waals surface area contributed by atoms with Gasteiger partial charge >= 0.3 is 0 Å². The molecule has 5 nitrogen and oxygen atoms in total. The van der Waals surface area contributed by atoms with Crippen LogP contribution in [0, 0.1) is 11.3 Å². The predicted molar refractivity (Wildman–Crippen MR) is 72.0 cm³/mol. The SMILES string of the molecule is N#CC(CCc1nncc2scc(Br)c12)NC=O. The summed E-state index contributed by atoms with van der Waals surface area (Å²) in [7, 11) is 0. The molecule has 0 aromatic carbocycles. The van der Waals surface area contributed by atoms with Crippen molar-refractivity contribution in [3.05, 3.63) is 21.7 Å². The summed E-state index contributed by atoms with van der Waals surface area (Å²) in [6.07, 6.45) is 3.38. The first kappa shape index (κ1) is 12.9. The Morgan fingerprint density at radius 2 is 2.50 bits per heavy atom. The summed E-state index contributed by atoms with van der Waals surface area (Å²) < 4.78 is 2.05. The summed E-state index contributed by atoms with van der Waals surface area (Å²) in [6.45, 7) is 0. The molecule has 0 aliphatic heterocycles. The van der Waals surface area contributed by atoms with Gasteiger partial charge in [0.15, 0.2) is 0 Å². The van der Waals surface area contributed by atoms with Crippen LogP contribution >= 0.6 is 27.3 Å². The molecule has 0 aliphatic rings. The van der Waals surface area contributed by atoms with E-state index in [0.29, 0.717) is 19.3 Å². The lowest BCUT2D eigenvalue weighted by molar-refractivity contribution is -0.109. The number of nitriles is 1. The highest BCUT2D eigenvalue weighted by atomic mass is 79.9. The van der Waals surface area contributed by atoms with E-state index in [4.69, 9.17) is 5.26 Å². The van der Waals surface area contributed by atoms with Gasteiger partial charge in [0.2, 0.25) is 6.41 Å². The summed E-state index contributed by atoms with van der Waals surface area (Å²) in [5.74, 6) is 0. The molecule has 1 unspecified atom stereocenters. The third kappa shape index (κ3) is 2.66. The number of carbonyl (C=O) groups excluding carboxylic acids is 1. The first-order valence-electron chi connectivity index (χ1n) is 5.23. The Bertz CT molecular complexity index is 607. The van der Waals surface area contributed by atoms with Crippen LogP contribution in [0.4, 0.5) is 0 Å². The molecule has 92 valence electrons. The molecule has 18 heavy (non-hydrogen) atoms. The van der Waals surface area contributed by atoms with Crippen LogP contribution in [-0.4, -0.2) is 22.6 Å². The summed E-state index contributed by atoms with van der Waals surface area (Å²) >= 11 is 5.07. The number of amides is 1. The van der Waals surface area contributed by atoms with Gasteiger partial charge in [0.05, 0.1) is 22.7 Å². The molecule has 2 aromatic rings. The van der Waals surface area contributed by atoms with Crippen molar-refractivity contribution in [3.63, 3.8) is 0 Å². The van der Waals surface area contributed by atoms with Gasteiger partial charge in [0, 0.05) is 15.2 Å². The largest absolute Gasteiger partial charge is 0.343 e. The molecule has 0 fully saturated rings. The number of fused-ring (bicyclic) bond motifs is 1. The lowest BCUT2D eigenvalue weighted by Crippen LogP contribution is -2.26. The Morgan fingerprint density at radius 3 is 3.22 bits per heavy atom. The van der Waals surface area contributed by atoms with Crippen molar-refractivity contribution in [1.29, 1.82) is 5.26 Å². The Labute approximate surface area is 116 Å². The lowest BCUT2D eigenvalue weighted by Gasteiger charge is -2.07. The minimum Gasteiger partial charge on any atom is -0.343 e. The summed E-state index contributed by atoms with van der Waals surface area (Å²) in [5.41, 5.74) is 0.841. The zero-order chi connectivity index (χ0) is 13.0. The molecule has 0 aliphatic carbocycles. The second-order valence-corrected chi connectivity index (χ2v) is 5.38. The van der Waals surface area contributed by atoms with Crippen LogP contribution in [0.25, 0.3) is 10.1 Å². The van der Waals surface area contributed by atoms with Crippen LogP contribution in [-0.2, 0) is 11.2 Å². The topological polar surface area (TPSA) is 78.7 Å². The molecule has 1 amide bonds. The first-order chi connectivity index (χ1) is 8.76. The van der Waals surface area contributed by atoms with E-state index in [-0.39, 0.29) is 0 Å². The molecule has 1 N–H and O–H groups in total. The zero-order valence-corrected chi connectivity index (χ0v) is 11.7. The third-order valence-electron chi connectivity index (χ3n) is 2.51. The molecule has 1 atom stereocenters. The number of nitrogens with one attached hydrogen (secondary N) is 1. The highest BCUT2D eigenvalue weighted by Gasteiger charge is 2.12. The van der Waals surface area contributed by atoms with Crippen LogP contribution < -0.4 is 5.32 Å². The van der Waals surface area contributed by atoms with Gasteiger partial charge in [0.25, 0.3) is 0 Å². The van der Waals surface area contributed by atoms with Crippen LogP contribution in [0.15, 0.2) is 16.0 Å². The van der Waals surface area contributed by atoms with Crippen LogP contribution in [0.2, 0.25) is 0 Å². The number of rotatable bonds is 5. The Balaban J connectivity index is 2.19. The average molecular weight is 325 g/mol. The second-order valence-electron chi connectivity index (χ2n) is 3.62. The number of nitrogens with zero attached hydrogens (tertiary/aromatic N) is 3. The predicted octanol–water partition coefficient (Wildman–Crippen LogP) is 2.02. The highest BCUT2D eigenvalue weighted by Crippen LogP contribution is 2.31. The molecule has 7 heteroatoms. The monoisotopic (exact) mass is 324 g/mol. The fourth-order valence-corrected chi connectivity index (χ4v) is 3.31. The number of hydrogen-bond acceptors (Lipinski definition) is 5. The van der Waals surface area contributed by atoms with Crippen molar-refractivity contribution in [2.75, 3.05) is 0 Å². The van der Waals surface area contributed by atoms with E-state index in [0.717, 1.165) is 20.3 Å². The van der Waals surface area contributed by atoms with Gasteiger partial charge in [-0.25, -0.2) is 0 Å². The van der Waals surface area contributed by atoms with E-state index >= 15 is 0 Å². The molecule has 0 spiro atoms.